The molecular formula is C25H23ClN6O5S. The maximum atomic E-state index is 13.5. The Hall–Kier alpha value is -3.90. The molecule has 2 saturated heterocycles. The second-order valence-corrected chi connectivity index (χ2v) is 11.3. The molecule has 3 aromatic rings. The Bertz CT molecular complexity index is 1380. The van der Waals surface area contributed by atoms with Gasteiger partial charge in [0, 0.05) is 4.75 Å². The minimum atomic E-state index is -1.08. The van der Waals surface area contributed by atoms with E-state index in [0.717, 1.165) is 0 Å². The standard InChI is InChI=1S/C25H23ClN6O5S/c1-25(2)17(21(35)36)32-19(34)16(20(32)38-25)27-18(33)15(13-9-5-3-6-10-13)28-23-29-22(26)30-24(31-23)37-14-11-7-4-8-12-14/h3-12,15-17,20H,1-2H3,(H,27,33)(H,35,36)(H,28,29,30,31)/t15?,16-,17+,20-/m1/s1. The van der Waals surface area contributed by atoms with Gasteiger partial charge in [0.1, 0.15) is 29.2 Å². The highest BCUT2D eigenvalue weighted by Crippen LogP contribution is 2.50. The van der Waals surface area contributed by atoms with Gasteiger partial charge in [-0.25, -0.2) is 4.79 Å². The summed E-state index contributed by atoms with van der Waals surface area (Å²) in [6.45, 7) is 3.55. The van der Waals surface area contributed by atoms with E-state index in [4.69, 9.17) is 16.3 Å². The molecular weight excluding hydrogens is 532 g/mol. The molecule has 38 heavy (non-hydrogen) atoms. The first-order valence-corrected chi connectivity index (χ1v) is 12.9. The van der Waals surface area contributed by atoms with Crippen LogP contribution in [0, 0.1) is 0 Å². The van der Waals surface area contributed by atoms with Crippen LogP contribution in [0.15, 0.2) is 60.7 Å². The van der Waals surface area contributed by atoms with Crippen LogP contribution in [0.3, 0.4) is 0 Å². The Morgan fingerprint density at radius 3 is 2.39 bits per heavy atom. The quantitative estimate of drug-likeness (QED) is 0.355. The molecule has 5 rings (SSSR count). The topological polar surface area (TPSA) is 147 Å². The lowest BCUT2D eigenvalue weighted by atomic mass is 9.95. The summed E-state index contributed by atoms with van der Waals surface area (Å²) >= 11 is 7.45. The van der Waals surface area contributed by atoms with E-state index >= 15 is 0 Å². The number of carboxylic acids is 1. The Labute approximate surface area is 227 Å². The van der Waals surface area contributed by atoms with Gasteiger partial charge in [0.05, 0.1) is 0 Å². The minimum absolute atomic E-state index is 0.0104. The van der Waals surface area contributed by atoms with Crippen LogP contribution in [0.5, 0.6) is 11.8 Å². The molecule has 11 nitrogen and oxygen atoms in total. The van der Waals surface area contributed by atoms with Crippen molar-refractivity contribution in [1.29, 1.82) is 0 Å². The number of aliphatic carboxylic acids is 1. The predicted octanol–water partition coefficient (Wildman–Crippen LogP) is 3.10. The molecule has 0 bridgehead atoms. The van der Waals surface area contributed by atoms with E-state index in [1.54, 1.807) is 68.4 Å². The number of thioether (sulfide) groups is 1. The van der Waals surface area contributed by atoms with Crippen molar-refractivity contribution in [3.8, 4) is 11.8 Å². The fourth-order valence-electron chi connectivity index (χ4n) is 4.49. The first-order valence-electron chi connectivity index (χ1n) is 11.6. The molecule has 0 aliphatic carbocycles. The van der Waals surface area contributed by atoms with Gasteiger partial charge in [-0.3, -0.25) is 9.59 Å². The van der Waals surface area contributed by atoms with Crippen molar-refractivity contribution in [2.45, 2.75) is 42.1 Å². The van der Waals surface area contributed by atoms with E-state index < -0.39 is 46.0 Å². The summed E-state index contributed by atoms with van der Waals surface area (Å²) in [5.41, 5.74) is 0.582. The molecule has 2 fully saturated rings. The van der Waals surface area contributed by atoms with E-state index in [1.165, 1.54) is 16.7 Å². The van der Waals surface area contributed by atoms with Gasteiger partial charge in [-0.05, 0) is 43.1 Å². The zero-order valence-corrected chi connectivity index (χ0v) is 21.8. The summed E-state index contributed by atoms with van der Waals surface area (Å²) in [4.78, 5) is 51.9. The van der Waals surface area contributed by atoms with E-state index in [1.807, 2.05) is 6.07 Å². The van der Waals surface area contributed by atoms with Gasteiger partial charge >= 0.3 is 12.0 Å². The van der Waals surface area contributed by atoms with Crippen LogP contribution in [-0.2, 0) is 14.4 Å². The average molecular weight is 555 g/mol. The minimum Gasteiger partial charge on any atom is -0.480 e. The molecule has 0 saturated carbocycles. The number of halogens is 1. The Morgan fingerprint density at radius 2 is 1.74 bits per heavy atom. The molecule has 3 N–H and O–H groups in total. The number of hydrogen-bond acceptors (Lipinski definition) is 9. The number of fused-ring (bicyclic) bond motifs is 1. The monoisotopic (exact) mass is 554 g/mol. The van der Waals surface area contributed by atoms with Crippen molar-refractivity contribution >= 4 is 47.1 Å². The zero-order chi connectivity index (χ0) is 27.0. The SMILES string of the molecule is CC1(C)S[C@@H]2[C@H](NC(=O)C(Nc3nc(Cl)nc(Oc4ccccc4)n3)c3ccccc3)C(=O)N2[C@H]1C(=O)O. The first-order chi connectivity index (χ1) is 18.1. The summed E-state index contributed by atoms with van der Waals surface area (Å²) in [6.07, 6.45) is 0. The molecule has 1 unspecified atom stereocenters. The van der Waals surface area contributed by atoms with Crippen LogP contribution < -0.4 is 15.4 Å². The number of anilines is 1. The Balaban J connectivity index is 1.37. The highest BCUT2D eigenvalue weighted by atomic mass is 35.5. The van der Waals surface area contributed by atoms with Crippen LogP contribution in [0.25, 0.3) is 0 Å². The molecule has 4 atom stereocenters. The molecule has 196 valence electrons. The summed E-state index contributed by atoms with van der Waals surface area (Å²) in [5, 5.41) is 14.8. The highest BCUT2D eigenvalue weighted by Gasteiger charge is 2.64. The predicted molar refractivity (Wildman–Crippen MR) is 140 cm³/mol. The van der Waals surface area contributed by atoms with E-state index in [9.17, 15) is 19.5 Å². The number of nitrogens with one attached hydrogen (secondary N) is 2. The van der Waals surface area contributed by atoms with Crippen molar-refractivity contribution in [2.75, 3.05) is 5.32 Å². The molecule has 0 radical (unpaired) electrons. The maximum absolute atomic E-state index is 13.5. The number of β-lactam (4-membered cyclic amide) rings is 1. The van der Waals surface area contributed by atoms with Crippen LogP contribution >= 0.6 is 23.4 Å². The van der Waals surface area contributed by atoms with Crippen LogP contribution in [0.1, 0.15) is 25.5 Å². The smallest absolute Gasteiger partial charge is 0.328 e. The maximum Gasteiger partial charge on any atom is 0.328 e. The van der Waals surface area contributed by atoms with Gasteiger partial charge in [0.15, 0.2) is 0 Å². The number of carboxylic acid groups (broad SMARTS) is 1. The second kappa shape index (κ2) is 10.1. The number of rotatable bonds is 8. The molecule has 2 amide bonds. The number of carbonyl (C=O) groups excluding carboxylic acids is 2. The third-order valence-corrected chi connectivity index (χ3v) is 7.92. The fourth-order valence-corrected chi connectivity index (χ4v) is 6.27. The van der Waals surface area contributed by atoms with Gasteiger partial charge < -0.3 is 25.4 Å². The average Bonchev–Trinajstić information content (AvgIpc) is 3.14. The van der Waals surface area contributed by atoms with Crippen molar-refractivity contribution in [1.82, 2.24) is 25.2 Å². The molecule has 2 aliphatic rings. The van der Waals surface area contributed by atoms with Gasteiger partial charge in [-0.15, -0.1) is 11.8 Å². The van der Waals surface area contributed by atoms with Crippen molar-refractivity contribution < 1.29 is 24.2 Å². The zero-order valence-electron chi connectivity index (χ0n) is 20.2. The molecule has 13 heteroatoms. The second-order valence-electron chi connectivity index (χ2n) is 9.20. The fraction of sp³-hybridized carbons (Fsp3) is 0.280. The van der Waals surface area contributed by atoms with Crippen molar-refractivity contribution in [3.63, 3.8) is 0 Å². The lowest BCUT2D eigenvalue weighted by molar-refractivity contribution is -0.161. The van der Waals surface area contributed by atoms with Crippen molar-refractivity contribution in [3.05, 3.63) is 71.5 Å². The summed E-state index contributed by atoms with van der Waals surface area (Å²) in [7, 11) is 0. The number of aromatic nitrogens is 3. The first kappa shape index (κ1) is 25.7. The lowest BCUT2D eigenvalue weighted by Gasteiger charge is -2.44. The largest absolute Gasteiger partial charge is 0.480 e. The van der Waals surface area contributed by atoms with Gasteiger partial charge in [-0.1, -0.05) is 48.5 Å². The third kappa shape index (κ3) is 4.96. The van der Waals surface area contributed by atoms with Crippen LogP contribution in [0.4, 0.5) is 5.95 Å². The lowest BCUT2D eigenvalue weighted by Crippen LogP contribution is -2.71. The van der Waals surface area contributed by atoms with Crippen molar-refractivity contribution in [2.24, 2.45) is 0 Å². The molecule has 2 aliphatic heterocycles. The molecule has 0 spiro atoms. The molecule has 3 heterocycles. The Kier molecular flexibility index (Phi) is 6.84. The Morgan fingerprint density at radius 1 is 1.08 bits per heavy atom. The number of ether oxygens (including phenoxy) is 1. The third-order valence-electron chi connectivity index (χ3n) is 6.18. The van der Waals surface area contributed by atoms with E-state index in [0.29, 0.717) is 11.3 Å². The normalized spacial score (nSPS) is 22.1. The van der Waals surface area contributed by atoms with Crippen LogP contribution in [-0.4, -0.2) is 64.9 Å². The van der Waals surface area contributed by atoms with Crippen LogP contribution in [0.2, 0.25) is 5.28 Å². The number of amides is 2. The number of nitrogens with zero attached hydrogens (tertiary/aromatic N) is 4. The number of carbonyl (C=O) groups is 3. The van der Waals surface area contributed by atoms with Gasteiger partial charge in [0.25, 0.3) is 0 Å². The van der Waals surface area contributed by atoms with Gasteiger partial charge in [0.2, 0.25) is 23.0 Å². The highest BCUT2D eigenvalue weighted by molar-refractivity contribution is 8.01. The van der Waals surface area contributed by atoms with Gasteiger partial charge in [-0.2, -0.15) is 15.0 Å². The summed E-state index contributed by atoms with van der Waals surface area (Å²) in [6, 6.07) is 14.8. The summed E-state index contributed by atoms with van der Waals surface area (Å²) < 4.78 is 4.95. The van der Waals surface area contributed by atoms with E-state index in [-0.39, 0.29) is 17.2 Å². The number of hydrogen-bond donors (Lipinski definition) is 3. The molecule has 2 aromatic carbocycles. The molecule has 1 aromatic heterocycles. The van der Waals surface area contributed by atoms with E-state index in [2.05, 4.69) is 25.6 Å². The number of benzene rings is 2. The summed E-state index contributed by atoms with van der Waals surface area (Å²) in [5.74, 6) is -1.56. The number of para-hydroxylation sites is 1.